The molecule has 0 aromatic heterocycles. The lowest BCUT2D eigenvalue weighted by Gasteiger charge is -2.31. The number of hydrogen-bond acceptors (Lipinski definition) is 4. The summed E-state index contributed by atoms with van der Waals surface area (Å²) in [5, 5.41) is 0. The molecule has 0 radical (unpaired) electrons. The molecule has 1 aliphatic heterocycles. The molecular weight excluding hydrogens is 196 g/mol. The van der Waals surface area contributed by atoms with E-state index in [2.05, 4.69) is 0 Å². The number of cyclic esters (lactones) is 1. The molecule has 0 saturated carbocycles. The van der Waals surface area contributed by atoms with Gasteiger partial charge in [-0.25, -0.2) is 4.79 Å². The van der Waals surface area contributed by atoms with Crippen LogP contribution in [0.3, 0.4) is 0 Å². The summed E-state index contributed by atoms with van der Waals surface area (Å²) in [4.78, 5) is 22.7. The molecule has 0 amide bonds. The fourth-order valence-electron chi connectivity index (χ4n) is 1.74. The van der Waals surface area contributed by atoms with Crippen LogP contribution in [0.15, 0.2) is 11.6 Å². The second kappa shape index (κ2) is 4.47. The lowest BCUT2D eigenvalue weighted by Crippen LogP contribution is -2.40. The minimum atomic E-state index is -0.465. The third-order valence-corrected chi connectivity index (χ3v) is 2.53. The van der Waals surface area contributed by atoms with Crippen molar-refractivity contribution < 1.29 is 19.1 Å². The van der Waals surface area contributed by atoms with Gasteiger partial charge in [-0.05, 0) is 18.4 Å². The van der Waals surface area contributed by atoms with E-state index < -0.39 is 12.0 Å². The second-order valence-electron chi connectivity index (χ2n) is 4.03. The Morgan fingerprint density at radius 2 is 2.13 bits per heavy atom. The van der Waals surface area contributed by atoms with E-state index in [9.17, 15) is 9.59 Å². The van der Waals surface area contributed by atoms with Gasteiger partial charge in [0.1, 0.15) is 12.0 Å². The van der Waals surface area contributed by atoms with Crippen LogP contribution in [-0.4, -0.2) is 25.2 Å². The van der Waals surface area contributed by atoms with Crippen LogP contribution in [0.2, 0.25) is 0 Å². The van der Waals surface area contributed by atoms with Gasteiger partial charge in [-0.2, -0.15) is 0 Å². The number of methoxy groups -OCH3 is 1. The predicted molar refractivity (Wildman–Crippen MR) is 54.0 cm³/mol. The van der Waals surface area contributed by atoms with Crippen LogP contribution in [0.25, 0.3) is 0 Å². The lowest BCUT2D eigenvalue weighted by atomic mass is 9.86. The normalized spacial score (nSPS) is 25.9. The Kier molecular flexibility index (Phi) is 3.50. The van der Waals surface area contributed by atoms with E-state index in [1.165, 1.54) is 13.2 Å². The van der Waals surface area contributed by atoms with Gasteiger partial charge in [-0.3, -0.25) is 4.79 Å². The van der Waals surface area contributed by atoms with Gasteiger partial charge in [0.2, 0.25) is 0 Å². The Balaban J connectivity index is 3.00. The predicted octanol–water partition coefficient (Wildman–Crippen LogP) is 1.30. The summed E-state index contributed by atoms with van der Waals surface area (Å²) in [7, 11) is 1.34. The van der Waals surface area contributed by atoms with E-state index in [-0.39, 0.29) is 17.9 Å². The maximum Gasteiger partial charge on any atom is 0.331 e. The van der Waals surface area contributed by atoms with Crippen molar-refractivity contribution in [2.45, 2.75) is 26.9 Å². The first-order valence-electron chi connectivity index (χ1n) is 4.94. The molecule has 0 aromatic carbocycles. The average molecular weight is 212 g/mol. The van der Waals surface area contributed by atoms with Crippen LogP contribution in [0.1, 0.15) is 20.8 Å². The molecule has 4 nitrogen and oxygen atoms in total. The van der Waals surface area contributed by atoms with Crippen molar-refractivity contribution in [1.29, 1.82) is 0 Å². The number of carbonyl (C=O) groups is 2. The molecule has 15 heavy (non-hydrogen) atoms. The van der Waals surface area contributed by atoms with Crippen molar-refractivity contribution in [1.82, 2.24) is 0 Å². The third kappa shape index (κ3) is 2.37. The van der Waals surface area contributed by atoms with Crippen LogP contribution >= 0.6 is 0 Å². The first-order chi connectivity index (χ1) is 6.97. The van der Waals surface area contributed by atoms with Gasteiger partial charge in [-0.15, -0.1) is 0 Å². The largest absolute Gasteiger partial charge is 0.468 e. The van der Waals surface area contributed by atoms with Crippen molar-refractivity contribution in [3.63, 3.8) is 0 Å². The standard InChI is InChI=1S/C11H16O4/c1-6(2)10-9(11(13)14-4)7(3)5-8(12)15-10/h5-6,9-10H,1-4H3/t9-,10-/m1/s1. The van der Waals surface area contributed by atoms with Crippen molar-refractivity contribution in [2.75, 3.05) is 7.11 Å². The number of esters is 2. The van der Waals surface area contributed by atoms with Gasteiger partial charge in [-0.1, -0.05) is 13.8 Å². The monoisotopic (exact) mass is 212 g/mol. The van der Waals surface area contributed by atoms with Gasteiger partial charge < -0.3 is 9.47 Å². The van der Waals surface area contributed by atoms with Crippen molar-refractivity contribution in [3.8, 4) is 0 Å². The summed E-state index contributed by atoms with van der Waals surface area (Å²) in [6, 6.07) is 0. The molecule has 84 valence electrons. The molecule has 0 aromatic rings. The quantitative estimate of drug-likeness (QED) is 0.647. The highest BCUT2D eigenvalue weighted by atomic mass is 16.6. The highest BCUT2D eigenvalue weighted by Gasteiger charge is 2.38. The minimum absolute atomic E-state index is 0.0849. The summed E-state index contributed by atoms with van der Waals surface area (Å²) >= 11 is 0. The maximum absolute atomic E-state index is 11.5. The van der Waals surface area contributed by atoms with E-state index in [4.69, 9.17) is 9.47 Å². The van der Waals surface area contributed by atoms with Crippen LogP contribution in [-0.2, 0) is 19.1 Å². The molecule has 0 spiro atoms. The molecule has 4 heteroatoms. The Bertz CT molecular complexity index is 304. The molecule has 0 fully saturated rings. The summed E-state index contributed by atoms with van der Waals surface area (Å²) in [6.07, 6.45) is 0.926. The average Bonchev–Trinajstić information content (AvgIpc) is 2.15. The minimum Gasteiger partial charge on any atom is -0.468 e. The maximum atomic E-state index is 11.5. The van der Waals surface area contributed by atoms with Crippen LogP contribution < -0.4 is 0 Å². The molecule has 0 unspecified atom stereocenters. The fraction of sp³-hybridized carbons (Fsp3) is 0.636. The highest BCUT2D eigenvalue weighted by Crippen LogP contribution is 2.28. The lowest BCUT2D eigenvalue weighted by molar-refractivity contribution is -0.160. The van der Waals surface area contributed by atoms with Crippen molar-refractivity contribution in [2.24, 2.45) is 11.8 Å². The Hall–Kier alpha value is -1.32. The zero-order chi connectivity index (χ0) is 11.6. The Morgan fingerprint density at radius 1 is 1.53 bits per heavy atom. The van der Waals surface area contributed by atoms with E-state index >= 15 is 0 Å². The van der Waals surface area contributed by atoms with E-state index in [1.807, 2.05) is 13.8 Å². The van der Waals surface area contributed by atoms with Crippen LogP contribution in [0.4, 0.5) is 0 Å². The molecule has 1 aliphatic rings. The molecular formula is C11H16O4. The summed E-state index contributed by atoms with van der Waals surface area (Å²) in [6.45, 7) is 5.57. The first kappa shape index (κ1) is 11.8. The molecule has 1 heterocycles. The molecule has 0 aliphatic carbocycles. The number of carbonyl (C=O) groups excluding carboxylic acids is 2. The Labute approximate surface area is 89.2 Å². The number of ether oxygens (including phenoxy) is 2. The molecule has 0 bridgehead atoms. The second-order valence-corrected chi connectivity index (χ2v) is 4.03. The third-order valence-electron chi connectivity index (χ3n) is 2.53. The van der Waals surface area contributed by atoms with Crippen molar-refractivity contribution in [3.05, 3.63) is 11.6 Å². The molecule has 2 atom stereocenters. The number of hydrogen-bond donors (Lipinski definition) is 0. The van der Waals surface area contributed by atoms with E-state index in [0.717, 1.165) is 0 Å². The SMILES string of the molecule is COC(=O)[C@@H]1C(C)=CC(=O)O[C@@H]1C(C)C. The number of rotatable bonds is 2. The highest BCUT2D eigenvalue weighted by molar-refractivity contribution is 5.88. The van der Waals surface area contributed by atoms with Gasteiger partial charge in [0.15, 0.2) is 0 Å². The summed E-state index contributed by atoms with van der Waals surface area (Å²) in [5.41, 5.74) is 0.705. The Morgan fingerprint density at radius 3 is 2.60 bits per heavy atom. The van der Waals surface area contributed by atoms with Gasteiger partial charge >= 0.3 is 11.9 Å². The van der Waals surface area contributed by atoms with Gasteiger partial charge in [0.25, 0.3) is 0 Å². The zero-order valence-corrected chi connectivity index (χ0v) is 9.44. The van der Waals surface area contributed by atoms with Gasteiger partial charge in [0, 0.05) is 6.08 Å². The molecule has 1 rings (SSSR count). The fourth-order valence-corrected chi connectivity index (χ4v) is 1.74. The zero-order valence-electron chi connectivity index (χ0n) is 9.44. The van der Waals surface area contributed by atoms with E-state index in [0.29, 0.717) is 5.57 Å². The molecule has 0 saturated heterocycles. The van der Waals surface area contributed by atoms with Crippen molar-refractivity contribution >= 4 is 11.9 Å². The summed E-state index contributed by atoms with van der Waals surface area (Å²) in [5.74, 6) is -1.12. The van der Waals surface area contributed by atoms with E-state index in [1.54, 1.807) is 6.92 Å². The smallest absolute Gasteiger partial charge is 0.331 e. The molecule has 0 N–H and O–H groups in total. The topological polar surface area (TPSA) is 52.6 Å². The van der Waals surface area contributed by atoms with Gasteiger partial charge in [0.05, 0.1) is 7.11 Å². The summed E-state index contributed by atoms with van der Waals surface area (Å²) < 4.78 is 9.84. The van der Waals surface area contributed by atoms with Crippen LogP contribution in [0.5, 0.6) is 0 Å². The van der Waals surface area contributed by atoms with Crippen LogP contribution in [0, 0.1) is 11.8 Å². The first-order valence-corrected chi connectivity index (χ1v) is 4.94.